The Hall–Kier alpha value is -4.04. The summed E-state index contributed by atoms with van der Waals surface area (Å²) in [4.78, 5) is 31.3. The van der Waals surface area contributed by atoms with E-state index >= 15 is 0 Å². The van der Waals surface area contributed by atoms with E-state index < -0.39 is 20.0 Å². The molecule has 0 bridgehead atoms. The maximum absolute atomic E-state index is 12.6. The lowest BCUT2D eigenvalue weighted by Crippen LogP contribution is -2.34. The summed E-state index contributed by atoms with van der Waals surface area (Å²) in [7, 11) is -6.69. The van der Waals surface area contributed by atoms with Crippen LogP contribution in [-0.4, -0.2) is 61.7 Å². The van der Waals surface area contributed by atoms with Gasteiger partial charge in [0.25, 0.3) is 11.8 Å². The molecule has 4 aromatic rings. The van der Waals surface area contributed by atoms with Crippen LogP contribution in [0.25, 0.3) is 21.8 Å². The fraction of sp³-hybridized carbons (Fsp3) is 0.538. The smallest absolute Gasteiger partial charge is 0.268 e. The lowest BCUT2D eigenvalue weighted by Gasteiger charge is -2.12. The normalized spacial score (nSPS) is 15.4. The van der Waals surface area contributed by atoms with Crippen molar-refractivity contribution in [3.8, 4) is 0 Å². The summed E-state index contributed by atoms with van der Waals surface area (Å²) in [5.74, 6) is 0.593. The summed E-state index contributed by atoms with van der Waals surface area (Å²) in [6.45, 7) is 15.7. The van der Waals surface area contributed by atoms with Crippen LogP contribution >= 0.6 is 0 Å². The van der Waals surface area contributed by atoms with E-state index in [4.69, 9.17) is 0 Å². The highest BCUT2D eigenvalue weighted by Crippen LogP contribution is 2.35. The number of fused-ring (bicyclic) bond motifs is 2. The molecule has 2 fully saturated rings. The van der Waals surface area contributed by atoms with Crippen LogP contribution in [0.15, 0.2) is 36.4 Å². The number of H-pyrrole nitrogens is 2. The number of unbranched alkanes of at least 4 members (excludes halogenated alkanes) is 2. The van der Waals surface area contributed by atoms with Gasteiger partial charge in [0.15, 0.2) is 0 Å². The standard InChI is InChI=1S/C19H27N3O3S.C18H25N3O3S.C2H6.4H2/c1-4-5-10-26(24,25)22-15-8-9-17-16(11-15)12(2)18(21-17)19(23)20-13(3)14-6-7-14;1-4-5-10-25(23,24)21-13-6-7-15-14(11-13)12(2)16(19-15)17(22)20-18(3)8-9-18;1-2;;;;/h8-9,11,13-14,21-22H,4-7,10H2,1-3H3,(H,20,23);6-7,11,19,21H,4-5,8-10H2,1-3H3,(H,20,22);1-2H3;4*1H. The van der Waals surface area contributed by atoms with Crippen LogP contribution in [0.3, 0.4) is 0 Å². The number of aryl methyl sites for hydroxylation is 2. The Morgan fingerprint density at radius 2 is 1.23 bits per heavy atom. The molecule has 0 radical (unpaired) electrons. The van der Waals surface area contributed by atoms with Crippen LogP contribution in [-0.2, 0) is 20.0 Å². The summed E-state index contributed by atoms with van der Waals surface area (Å²) in [5.41, 5.74) is 5.33. The molecule has 12 nitrogen and oxygen atoms in total. The minimum Gasteiger partial charge on any atom is -0.350 e. The zero-order chi connectivity index (χ0) is 39.1. The predicted octanol–water partition coefficient (Wildman–Crippen LogP) is 8.86. The summed E-state index contributed by atoms with van der Waals surface area (Å²) in [6, 6.07) is 10.8. The van der Waals surface area contributed by atoms with E-state index in [1.54, 1.807) is 36.4 Å². The van der Waals surface area contributed by atoms with Crippen molar-refractivity contribution in [2.24, 2.45) is 5.92 Å². The molecule has 2 aromatic heterocycles. The van der Waals surface area contributed by atoms with Crippen molar-refractivity contribution in [1.29, 1.82) is 0 Å². The van der Waals surface area contributed by atoms with Crippen molar-refractivity contribution in [2.75, 3.05) is 20.9 Å². The van der Waals surface area contributed by atoms with Crippen molar-refractivity contribution in [2.45, 2.75) is 118 Å². The molecule has 2 aliphatic rings. The Bertz CT molecular complexity index is 2150. The molecule has 6 N–H and O–H groups in total. The van der Waals surface area contributed by atoms with Gasteiger partial charge < -0.3 is 20.6 Å². The van der Waals surface area contributed by atoms with Gasteiger partial charge in [-0.2, -0.15) is 0 Å². The predicted molar refractivity (Wildman–Crippen MR) is 225 cm³/mol. The van der Waals surface area contributed by atoms with Crippen LogP contribution in [0.1, 0.15) is 131 Å². The van der Waals surface area contributed by atoms with Gasteiger partial charge in [0.1, 0.15) is 11.4 Å². The quantitative estimate of drug-likeness (QED) is 0.0701. The van der Waals surface area contributed by atoms with Crippen molar-refractivity contribution >= 4 is 65.0 Å². The number of benzene rings is 2. The largest absolute Gasteiger partial charge is 0.350 e. The number of nitrogens with one attached hydrogen (secondary N) is 6. The molecule has 6 rings (SSSR count). The van der Waals surface area contributed by atoms with Crippen LogP contribution in [0, 0.1) is 19.8 Å². The van der Waals surface area contributed by atoms with Crippen molar-refractivity contribution in [1.82, 2.24) is 20.6 Å². The average molecular weight is 779 g/mol. The monoisotopic (exact) mass is 778 g/mol. The van der Waals surface area contributed by atoms with Crippen molar-refractivity contribution in [3.05, 3.63) is 58.9 Å². The molecule has 2 saturated carbocycles. The number of aromatic amines is 2. The number of carbonyl (C=O) groups is 2. The third kappa shape index (κ3) is 11.2. The van der Waals surface area contributed by atoms with Gasteiger partial charge in [0, 0.05) is 50.5 Å². The number of anilines is 2. The number of rotatable bonds is 15. The van der Waals surface area contributed by atoms with Gasteiger partial charge in [-0.25, -0.2) is 16.8 Å². The Balaban J connectivity index is 0.000000988. The molecule has 53 heavy (non-hydrogen) atoms. The lowest BCUT2D eigenvalue weighted by molar-refractivity contribution is 0.0922. The third-order valence-corrected chi connectivity index (χ3v) is 12.5. The molecule has 2 aromatic carbocycles. The Morgan fingerprint density at radius 1 is 0.792 bits per heavy atom. The molecule has 1 atom stereocenters. The first-order valence-electron chi connectivity index (χ1n) is 18.9. The number of carbonyl (C=O) groups excluding carboxylic acids is 2. The molecule has 0 saturated heterocycles. The van der Waals surface area contributed by atoms with E-state index in [9.17, 15) is 26.4 Å². The minimum absolute atomic E-state index is 0. The first-order chi connectivity index (χ1) is 25.0. The second-order valence-electron chi connectivity index (χ2n) is 14.4. The van der Waals surface area contributed by atoms with Gasteiger partial charge in [-0.3, -0.25) is 19.0 Å². The second-order valence-corrected chi connectivity index (χ2v) is 18.1. The lowest BCUT2D eigenvalue weighted by atomic mass is 10.1. The van der Waals surface area contributed by atoms with Crippen LogP contribution < -0.4 is 20.1 Å². The zero-order valence-corrected chi connectivity index (χ0v) is 34.1. The molecule has 0 aliphatic heterocycles. The highest BCUT2D eigenvalue weighted by molar-refractivity contribution is 7.92. The van der Waals surface area contributed by atoms with Crippen LogP contribution in [0.4, 0.5) is 11.4 Å². The molecule has 2 amide bonds. The highest BCUT2D eigenvalue weighted by Gasteiger charge is 2.39. The van der Waals surface area contributed by atoms with E-state index in [1.165, 1.54) is 12.8 Å². The average Bonchev–Trinajstić information content (AvgIpc) is 4.04. The van der Waals surface area contributed by atoms with E-state index in [1.807, 2.05) is 55.4 Å². The highest BCUT2D eigenvalue weighted by atomic mass is 32.2. The molecular weight excluding hydrogens is 713 g/mol. The number of hydrogen-bond donors (Lipinski definition) is 6. The molecule has 14 heteroatoms. The molecule has 0 spiro atoms. The van der Waals surface area contributed by atoms with Crippen molar-refractivity contribution in [3.63, 3.8) is 0 Å². The van der Waals surface area contributed by atoms with E-state index in [2.05, 4.69) is 30.0 Å². The van der Waals surface area contributed by atoms with Gasteiger partial charge in [-0.1, -0.05) is 40.5 Å². The van der Waals surface area contributed by atoms with Crippen molar-refractivity contribution < 1.29 is 32.1 Å². The Kier molecular flexibility index (Phi) is 13.7. The molecule has 2 heterocycles. The van der Waals surface area contributed by atoms with E-state index in [0.717, 1.165) is 58.6 Å². The van der Waals surface area contributed by atoms with Gasteiger partial charge in [0.2, 0.25) is 20.0 Å². The maximum Gasteiger partial charge on any atom is 0.268 e. The SMILES string of the molecule is CC.CCCCS(=O)(=O)Nc1ccc2[nH]c(C(=O)NC(C)C3CC3)c(C)c2c1.CCCCS(=O)(=O)Nc1ccc2[nH]c(C(=O)NC3(C)CC3)c(C)c2c1.[HH].[HH].[HH].[HH]. The summed E-state index contributed by atoms with van der Waals surface area (Å²) in [5, 5.41) is 7.80. The first-order valence-corrected chi connectivity index (χ1v) is 22.2. The Morgan fingerprint density at radius 3 is 1.62 bits per heavy atom. The second kappa shape index (κ2) is 17.4. The summed E-state index contributed by atoms with van der Waals surface area (Å²) >= 11 is 0. The topological polar surface area (TPSA) is 182 Å². The fourth-order valence-corrected chi connectivity index (χ4v) is 8.52. The fourth-order valence-electron chi connectivity index (χ4n) is 6.01. The molecule has 1 unspecified atom stereocenters. The van der Waals surface area contributed by atoms with Gasteiger partial charge >= 0.3 is 0 Å². The zero-order valence-electron chi connectivity index (χ0n) is 32.5. The van der Waals surface area contributed by atoms with Crippen LogP contribution in [0.2, 0.25) is 0 Å². The molecular formula is C39H66N6O6S2. The van der Waals surface area contributed by atoms with Gasteiger partial charge in [-0.15, -0.1) is 0 Å². The van der Waals surface area contributed by atoms with E-state index in [0.29, 0.717) is 41.5 Å². The third-order valence-electron chi connectivity index (χ3n) is 9.75. The molecule has 2 aliphatic carbocycles. The van der Waals surface area contributed by atoms with Gasteiger partial charge in [-0.05, 0) is 120 Å². The van der Waals surface area contributed by atoms with E-state index in [-0.39, 0.29) is 40.6 Å². The first kappa shape index (κ1) is 41.7. The number of sulfonamides is 2. The number of hydrogen-bond acceptors (Lipinski definition) is 6. The number of aromatic nitrogens is 2. The number of amides is 2. The summed E-state index contributed by atoms with van der Waals surface area (Å²) in [6.07, 6.45) is 7.27. The summed E-state index contributed by atoms with van der Waals surface area (Å²) < 4.78 is 53.6. The minimum atomic E-state index is -3.35. The molecule has 300 valence electrons. The Labute approximate surface area is 321 Å². The van der Waals surface area contributed by atoms with Crippen LogP contribution in [0.5, 0.6) is 0 Å². The maximum atomic E-state index is 12.6. The van der Waals surface area contributed by atoms with Gasteiger partial charge in [0.05, 0.1) is 11.5 Å².